The summed E-state index contributed by atoms with van der Waals surface area (Å²) in [6.45, 7) is 5.14. The molecule has 1 fully saturated rings. The van der Waals surface area contributed by atoms with Crippen molar-refractivity contribution in [3.63, 3.8) is 0 Å². The molecule has 1 heterocycles. The number of benzene rings is 1. The van der Waals surface area contributed by atoms with E-state index < -0.39 is 0 Å². The molecule has 0 saturated carbocycles. The minimum Gasteiger partial charge on any atom is -0.466 e. The maximum absolute atomic E-state index is 12.5. The van der Waals surface area contributed by atoms with Crippen LogP contribution in [0.15, 0.2) is 24.3 Å². The van der Waals surface area contributed by atoms with Crippen molar-refractivity contribution >= 4 is 23.7 Å². The second kappa shape index (κ2) is 11.3. The highest BCUT2D eigenvalue weighted by molar-refractivity contribution is 5.95. The fourth-order valence-electron chi connectivity index (χ4n) is 3.41. The molecule has 0 radical (unpaired) electrons. The van der Waals surface area contributed by atoms with Gasteiger partial charge >= 0.3 is 5.97 Å². The first-order valence-electron chi connectivity index (χ1n) is 10.4. The first kappa shape index (κ1) is 23.4. The highest BCUT2D eigenvalue weighted by atomic mass is 16.5. The van der Waals surface area contributed by atoms with Crippen LogP contribution >= 0.6 is 0 Å². The molecule has 0 unspecified atom stereocenters. The van der Waals surface area contributed by atoms with E-state index >= 15 is 0 Å². The van der Waals surface area contributed by atoms with E-state index in [9.17, 15) is 19.2 Å². The molecule has 1 N–H and O–H groups in total. The Kier molecular flexibility index (Phi) is 8.83. The Balaban J connectivity index is 1.71. The van der Waals surface area contributed by atoms with Crippen LogP contribution in [0.4, 0.5) is 0 Å². The van der Waals surface area contributed by atoms with Crippen molar-refractivity contribution in [1.29, 1.82) is 0 Å². The third-order valence-corrected chi connectivity index (χ3v) is 5.28. The zero-order valence-corrected chi connectivity index (χ0v) is 18.0. The summed E-state index contributed by atoms with van der Waals surface area (Å²) in [5.74, 6) is -0.939. The van der Waals surface area contributed by atoms with E-state index in [0.717, 1.165) is 5.56 Å². The monoisotopic (exact) mass is 417 g/mol. The lowest BCUT2D eigenvalue weighted by Gasteiger charge is -2.32. The molecule has 8 nitrogen and oxygen atoms in total. The maximum atomic E-state index is 12.5. The van der Waals surface area contributed by atoms with Crippen LogP contribution in [-0.4, -0.2) is 73.3 Å². The lowest BCUT2D eigenvalue weighted by Crippen LogP contribution is -2.46. The number of likely N-dealkylation sites (N-methyl/N-ethyl adjacent to an activating group) is 1. The van der Waals surface area contributed by atoms with Crippen molar-refractivity contribution in [1.82, 2.24) is 15.1 Å². The number of ether oxygens (including phenoxy) is 1. The number of esters is 1. The molecule has 30 heavy (non-hydrogen) atoms. The molecule has 0 spiro atoms. The molecule has 164 valence electrons. The van der Waals surface area contributed by atoms with Gasteiger partial charge in [0.25, 0.3) is 5.91 Å². The Morgan fingerprint density at radius 2 is 1.83 bits per heavy atom. The summed E-state index contributed by atoms with van der Waals surface area (Å²) in [4.78, 5) is 51.8. The Bertz CT molecular complexity index is 772. The van der Waals surface area contributed by atoms with Gasteiger partial charge in [-0.15, -0.1) is 0 Å². The van der Waals surface area contributed by atoms with Crippen LogP contribution in [-0.2, 0) is 19.1 Å². The molecule has 8 heteroatoms. The molecule has 2 rings (SSSR count). The van der Waals surface area contributed by atoms with Crippen molar-refractivity contribution < 1.29 is 23.9 Å². The lowest BCUT2D eigenvalue weighted by molar-refractivity contribution is -0.151. The van der Waals surface area contributed by atoms with Crippen LogP contribution < -0.4 is 5.32 Å². The van der Waals surface area contributed by atoms with Crippen molar-refractivity contribution in [2.45, 2.75) is 33.1 Å². The number of hydrogen-bond acceptors (Lipinski definition) is 5. The van der Waals surface area contributed by atoms with Crippen molar-refractivity contribution in [2.75, 3.05) is 39.8 Å². The Morgan fingerprint density at radius 3 is 2.47 bits per heavy atom. The first-order chi connectivity index (χ1) is 14.3. The molecule has 0 atom stereocenters. The van der Waals surface area contributed by atoms with E-state index in [1.165, 1.54) is 4.90 Å². The zero-order chi connectivity index (χ0) is 22.1. The Hall–Kier alpha value is -2.90. The topological polar surface area (TPSA) is 96.0 Å². The summed E-state index contributed by atoms with van der Waals surface area (Å²) in [5, 5.41) is 2.74. The van der Waals surface area contributed by atoms with E-state index in [1.54, 1.807) is 31.0 Å². The van der Waals surface area contributed by atoms with Crippen LogP contribution in [0.2, 0.25) is 0 Å². The molecule has 1 aliphatic heterocycles. The summed E-state index contributed by atoms with van der Waals surface area (Å²) < 4.78 is 5.04. The summed E-state index contributed by atoms with van der Waals surface area (Å²) in [6, 6.07) is 7.25. The van der Waals surface area contributed by atoms with Gasteiger partial charge in [0.15, 0.2) is 0 Å². The van der Waals surface area contributed by atoms with Gasteiger partial charge in [-0.25, -0.2) is 0 Å². The fourth-order valence-corrected chi connectivity index (χ4v) is 3.41. The number of likely N-dealkylation sites (tertiary alicyclic amines) is 1. The predicted octanol–water partition coefficient (Wildman–Crippen LogP) is 1.38. The number of piperidine rings is 1. The van der Waals surface area contributed by atoms with E-state index in [2.05, 4.69) is 5.32 Å². The van der Waals surface area contributed by atoms with Crippen LogP contribution in [0.5, 0.6) is 0 Å². The summed E-state index contributed by atoms with van der Waals surface area (Å²) in [7, 11) is 1.58. The van der Waals surface area contributed by atoms with Crippen LogP contribution in [0.25, 0.3) is 0 Å². The van der Waals surface area contributed by atoms with Crippen LogP contribution in [0, 0.1) is 12.8 Å². The van der Waals surface area contributed by atoms with Gasteiger partial charge in [0.2, 0.25) is 11.8 Å². The minimum absolute atomic E-state index is 0.0192. The minimum atomic E-state index is -0.218. The quantitative estimate of drug-likeness (QED) is 0.645. The number of carbonyl (C=O) groups is 4. The second-order valence-electron chi connectivity index (χ2n) is 7.48. The molecule has 0 aromatic heterocycles. The van der Waals surface area contributed by atoms with E-state index in [-0.39, 0.29) is 49.1 Å². The SMILES string of the molecule is CCOC(=O)C1CCN(C(=O)CN(C)C(=O)CCNC(=O)c2ccccc2C)CC1. The Labute approximate surface area is 177 Å². The first-order valence-corrected chi connectivity index (χ1v) is 10.4. The maximum Gasteiger partial charge on any atom is 0.309 e. The molecule has 0 aliphatic carbocycles. The number of carbonyl (C=O) groups excluding carboxylic acids is 4. The lowest BCUT2D eigenvalue weighted by atomic mass is 9.97. The zero-order valence-electron chi connectivity index (χ0n) is 18.0. The summed E-state index contributed by atoms with van der Waals surface area (Å²) >= 11 is 0. The van der Waals surface area contributed by atoms with Gasteiger partial charge in [0, 0.05) is 38.7 Å². The molecule has 1 aliphatic rings. The number of aryl methyl sites for hydroxylation is 1. The van der Waals surface area contributed by atoms with Crippen molar-refractivity contribution in [2.24, 2.45) is 5.92 Å². The molecule has 1 saturated heterocycles. The number of amides is 3. The molecule has 1 aromatic carbocycles. The fraction of sp³-hybridized carbons (Fsp3) is 0.545. The van der Waals surface area contributed by atoms with E-state index in [0.29, 0.717) is 38.1 Å². The van der Waals surface area contributed by atoms with E-state index in [1.807, 2.05) is 19.1 Å². The van der Waals surface area contributed by atoms with Gasteiger partial charge in [-0.1, -0.05) is 18.2 Å². The molecular formula is C22H31N3O5. The van der Waals surface area contributed by atoms with Crippen molar-refractivity contribution in [3.8, 4) is 0 Å². The number of nitrogens with zero attached hydrogens (tertiary/aromatic N) is 2. The smallest absolute Gasteiger partial charge is 0.309 e. The summed E-state index contributed by atoms with van der Waals surface area (Å²) in [5.41, 5.74) is 1.45. The Morgan fingerprint density at radius 1 is 1.17 bits per heavy atom. The number of nitrogens with one attached hydrogen (secondary N) is 1. The third kappa shape index (κ3) is 6.57. The normalized spacial score (nSPS) is 14.2. The molecule has 0 bridgehead atoms. The average Bonchev–Trinajstić information content (AvgIpc) is 2.74. The van der Waals surface area contributed by atoms with Gasteiger partial charge in [-0.05, 0) is 38.3 Å². The van der Waals surface area contributed by atoms with Crippen LogP contribution in [0.3, 0.4) is 0 Å². The van der Waals surface area contributed by atoms with Crippen LogP contribution in [0.1, 0.15) is 42.1 Å². The largest absolute Gasteiger partial charge is 0.466 e. The second-order valence-corrected chi connectivity index (χ2v) is 7.48. The van der Waals surface area contributed by atoms with Gasteiger partial charge in [0.1, 0.15) is 0 Å². The molecular weight excluding hydrogens is 386 g/mol. The van der Waals surface area contributed by atoms with Gasteiger partial charge in [-0.3, -0.25) is 19.2 Å². The van der Waals surface area contributed by atoms with Gasteiger partial charge in [-0.2, -0.15) is 0 Å². The predicted molar refractivity (Wildman–Crippen MR) is 112 cm³/mol. The van der Waals surface area contributed by atoms with Gasteiger partial charge < -0.3 is 19.9 Å². The average molecular weight is 418 g/mol. The molecule has 1 aromatic rings. The summed E-state index contributed by atoms with van der Waals surface area (Å²) in [6.07, 6.45) is 1.27. The van der Waals surface area contributed by atoms with Crippen molar-refractivity contribution in [3.05, 3.63) is 35.4 Å². The highest BCUT2D eigenvalue weighted by Gasteiger charge is 2.28. The number of rotatable bonds is 8. The highest BCUT2D eigenvalue weighted by Crippen LogP contribution is 2.19. The molecule has 3 amide bonds. The standard InChI is InChI=1S/C22H31N3O5/c1-4-30-22(29)17-10-13-25(14-11-17)20(27)15-24(3)19(26)9-12-23-21(28)18-8-6-5-7-16(18)2/h5-8,17H,4,9-15H2,1-3H3,(H,23,28). The van der Waals surface area contributed by atoms with Gasteiger partial charge in [0.05, 0.1) is 19.1 Å². The number of hydrogen-bond donors (Lipinski definition) is 1. The third-order valence-electron chi connectivity index (χ3n) is 5.28. The van der Waals surface area contributed by atoms with E-state index in [4.69, 9.17) is 4.74 Å².